The fraction of sp³-hybridized carbons (Fsp3) is 0.158. The van der Waals surface area contributed by atoms with Gasteiger partial charge in [0, 0.05) is 86.6 Å². The van der Waals surface area contributed by atoms with Crippen LogP contribution >= 0.6 is 27.5 Å². The van der Waals surface area contributed by atoms with Gasteiger partial charge in [0.2, 0.25) is 0 Å². The molecule has 0 aliphatic heterocycles. The van der Waals surface area contributed by atoms with E-state index in [0.717, 1.165) is 49.7 Å². The van der Waals surface area contributed by atoms with Gasteiger partial charge < -0.3 is 36.3 Å². The van der Waals surface area contributed by atoms with E-state index >= 15 is 0 Å². The molecule has 0 amide bonds. The number of halogens is 2. The van der Waals surface area contributed by atoms with Gasteiger partial charge in [0.25, 0.3) is 5.24 Å². The van der Waals surface area contributed by atoms with E-state index in [-0.39, 0.29) is 71.6 Å². The van der Waals surface area contributed by atoms with Crippen LogP contribution < -0.4 is 78.6 Å². The molecule has 18 rings (SSSR count). The number of aromatic nitrogens is 2. The van der Waals surface area contributed by atoms with Crippen LogP contribution in [0.15, 0.2) is 387 Å². The molecule has 0 saturated heterocycles. The number of aryl methyl sites for hydroxylation is 13. The zero-order valence-electron chi connectivity index (χ0n) is 79.2. The third kappa shape index (κ3) is 28.5. The van der Waals surface area contributed by atoms with Crippen molar-refractivity contribution in [2.24, 2.45) is 0 Å². The van der Waals surface area contributed by atoms with Crippen molar-refractivity contribution in [1.29, 1.82) is 0 Å². The number of carbonyl (C=O) groups is 1. The zero-order chi connectivity index (χ0) is 92.7. The van der Waals surface area contributed by atoms with Crippen LogP contribution in [-0.4, -0.2) is 28.4 Å². The maximum atomic E-state index is 10.4. The van der Waals surface area contributed by atoms with Gasteiger partial charge in [0.1, 0.15) is 0 Å². The number of carbonyl (C=O) groups excluding carboxylic acids is 1. The monoisotopic (exact) mass is 1840 g/mol. The second kappa shape index (κ2) is 48.3. The molecule has 16 aromatic carbocycles. The molecular weight excluding hydrogens is 1720 g/mol. The first kappa shape index (κ1) is 102. The van der Waals surface area contributed by atoms with Crippen LogP contribution in [-0.2, 0) is 0 Å². The van der Waals surface area contributed by atoms with E-state index in [4.69, 9.17) is 23.1 Å². The SMILES string of the molecule is CC(C)(C)[O-].Cc1cc(N)c(C)cc1N.Cc1ccc(-n2c(-c3ccccc3)cc3cc4c(cc(-c5ccccc5)n4-c4ccc(C)cc4)cc32)cc1.Cc1ccc(Br)cc1.Cc1ccc(C(c2ccccc2)c2cc(C)c(C(c3ccccc3)c3ccc(C)cc3)cc2C)cc1.Cc1ccc(Nc2cc(C)c(Nc3ccc(C)cc3)cc2C)cc1.O=C(Cl)c1ccccc1.[B].[K+]. The number of rotatable bonds is 15. The number of hydrogen-bond acceptors (Lipinski definition) is 6. The van der Waals surface area contributed by atoms with Gasteiger partial charge in [-0.1, -0.05) is 349 Å². The van der Waals surface area contributed by atoms with E-state index in [0.29, 0.717) is 5.56 Å². The Kier molecular flexibility index (Phi) is 37.4. The molecule has 6 N–H and O–H groups in total. The molecule has 3 radical (unpaired) electrons. The number of benzene rings is 16. The summed E-state index contributed by atoms with van der Waals surface area (Å²) in [6.45, 7) is 32.5. The summed E-state index contributed by atoms with van der Waals surface area (Å²) in [4.78, 5) is 10.4. The average molecular weight is 1840 g/mol. The van der Waals surface area contributed by atoms with Crippen molar-refractivity contribution >= 4 is 97.1 Å². The second-order valence-electron chi connectivity index (χ2n) is 34.8. The molecule has 2 atom stereocenters. The summed E-state index contributed by atoms with van der Waals surface area (Å²) in [7, 11) is 0. The average Bonchev–Trinajstić information content (AvgIpc) is 1.62. The third-order valence-electron chi connectivity index (χ3n) is 22.7. The summed E-state index contributed by atoms with van der Waals surface area (Å²) >= 11 is 8.51. The number of nitrogens with zero attached hydrogens (tertiary/aromatic N) is 2. The number of nitrogen functional groups attached to an aromatic ring is 2. The van der Waals surface area contributed by atoms with Crippen LogP contribution in [0.4, 0.5) is 34.1 Å². The van der Waals surface area contributed by atoms with Crippen molar-refractivity contribution in [2.75, 3.05) is 22.1 Å². The summed E-state index contributed by atoms with van der Waals surface area (Å²) in [6.07, 6.45) is 0. The third-order valence-corrected chi connectivity index (χ3v) is 23.5. The fourth-order valence-electron chi connectivity index (χ4n) is 15.5. The molecule has 0 bridgehead atoms. The zero-order valence-corrected chi connectivity index (χ0v) is 84.7. The second-order valence-corrected chi connectivity index (χ2v) is 36.0. The van der Waals surface area contributed by atoms with E-state index in [1.54, 1.807) is 45.0 Å². The smallest absolute Gasteiger partial charge is 0.850 e. The summed E-state index contributed by atoms with van der Waals surface area (Å²) in [5.74, 6) is 0.406. The topological polar surface area (TPSA) is 126 Å². The molecule has 18 aromatic rings. The van der Waals surface area contributed by atoms with Crippen LogP contribution in [0.5, 0.6) is 0 Å². The van der Waals surface area contributed by atoms with Crippen LogP contribution in [0, 0.1) is 90.0 Å². The van der Waals surface area contributed by atoms with Crippen molar-refractivity contribution in [2.45, 2.75) is 128 Å². The van der Waals surface area contributed by atoms with Crippen LogP contribution in [0.25, 0.3) is 55.7 Å². The number of fused-ring (bicyclic) bond motifs is 2. The van der Waals surface area contributed by atoms with Gasteiger partial charge in [0.05, 0.1) is 22.4 Å². The Balaban J connectivity index is 0.000000176. The molecule has 2 aromatic heterocycles. The number of hydrogen-bond donors (Lipinski definition) is 4. The van der Waals surface area contributed by atoms with Crippen LogP contribution in [0.1, 0.15) is 149 Å². The van der Waals surface area contributed by atoms with Gasteiger partial charge in [0.15, 0.2) is 0 Å². The Bertz CT molecular complexity index is 6320. The van der Waals surface area contributed by atoms with Gasteiger partial charge in [-0.25, -0.2) is 0 Å². The first-order valence-electron chi connectivity index (χ1n) is 44.3. The minimum Gasteiger partial charge on any atom is -0.850 e. The van der Waals surface area contributed by atoms with E-state index in [2.05, 4.69) is 439 Å². The van der Waals surface area contributed by atoms with E-state index in [9.17, 15) is 9.90 Å². The Labute approximate surface area is 841 Å². The first-order valence-corrected chi connectivity index (χ1v) is 45.4. The summed E-state index contributed by atoms with van der Waals surface area (Å²) < 4.78 is 5.94. The molecule has 8 nitrogen and oxygen atoms in total. The first-order chi connectivity index (χ1) is 62.4. The van der Waals surface area contributed by atoms with E-state index in [1.807, 2.05) is 44.2 Å². The van der Waals surface area contributed by atoms with Gasteiger partial charge >= 0.3 is 51.4 Å². The van der Waals surface area contributed by atoms with Crippen molar-refractivity contribution in [3.63, 3.8) is 0 Å². The predicted molar refractivity (Wildman–Crippen MR) is 564 cm³/mol. The largest absolute Gasteiger partial charge is 1.00 e. The van der Waals surface area contributed by atoms with Crippen molar-refractivity contribution < 1.29 is 61.3 Å². The summed E-state index contributed by atoms with van der Waals surface area (Å²) in [5, 5.41) is 19.2. The van der Waals surface area contributed by atoms with Crippen LogP contribution in [0.2, 0.25) is 0 Å². The summed E-state index contributed by atoms with van der Waals surface area (Å²) in [6, 6.07) is 135. The molecule has 0 spiro atoms. The Hall–Kier alpha value is -12.1. The Morgan fingerprint density at radius 3 is 0.886 bits per heavy atom. The molecule has 2 heterocycles. The number of anilines is 6. The molecule has 12 heteroatoms. The molecule has 0 aliphatic carbocycles. The molecule has 132 heavy (non-hydrogen) atoms. The number of nitrogens with one attached hydrogen (secondary N) is 2. The van der Waals surface area contributed by atoms with Crippen molar-refractivity contribution in [3.05, 3.63) is 498 Å². The molecule has 2 unspecified atom stereocenters. The Morgan fingerprint density at radius 2 is 0.598 bits per heavy atom. The van der Waals surface area contributed by atoms with E-state index < -0.39 is 10.8 Å². The molecule has 0 saturated carbocycles. The van der Waals surface area contributed by atoms with Crippen molar-refractivity contribution in [3.8, 4) is 33.9 Å². The standard InChI is InChI=1S/C36H28N2.C36H34.C22H24N2.C8H12N2.C7H7Br.C7H5ClO.C4H9O.B.K/c1-25-13-17-31(18-14-25)37-33(27-9-5-3-6-10-27)21-29-24-36-30(23-35(29)37)22-34(28-11-7-4-8-12-28)38(36)32-19-15-26(2)16-20-32;1-25-15-19-31(20-16-25)35(29-11-7-5-8-12-29)33-23-28(4)34(24-27(33)3)36(30-13-9-6-10-14-30)32-21-17-26(2)18-22-32;1-15-5-9-19(10-6-15)23-21-13-18(4)22(14-17(21)3)24-20-11-7-16(2)8-12-20;1-5-3-8(10)6(2)4-7(5)9;1-6-2-4-7(8)5-3-6;8-7(9)6-4-2-1-3-5-6;1-4(2,3)5;;/h3-24H,1-2H3;5-24,35-36H,1-4H3;5-14,23-24H,1-4H3;3-4H,9-10H2,1-2H3;2-5H,1H3;1-5H;1-3H3;;/q;;;;;;-1;;+1. The Morgan fingerprint density at radius 1 is 0.333 bits per heavy atom. The van der Waals surface area contributed by atoms with Crippen LogP contribution in [0.3, 0.4) is 0 Å². The quantitative estimate of drug-likeness (QED) is 0.0351. The molecule has 659 valence electrons. The molecule has 0 aliphatic rings. The van der Waals surface area contributed by atoms with Gasteiger partial charge in [-0.3, -0.25) is 4.79 Å². The van der Waals surface area contributed by atoms with Gasteiger partial charge in [-0.2, -0.15) is 0 Å². The maximum Gasteiger partial charge on any atom is 1.00 e. The molecule has 0 fully saturated rings. The van der Waals surface area contributed by atoms with E-state index in [1.165, 1.54) is 150 Å². The molecular formula is C120H119BBrClKN6O2. The minimum absolute atomic E-state index is 0. The number of nitrogens with two attached hydrogens (primary N) is 2. The van der Waals surface area contributed by atoms with Gasteiger partial charge in [-0.05, 0) is 289 Å². The normalized spacial score (nSPS) is 11.1. The predicted octanol–water partition coefficient (Wildman–Crippen LogP) is 28.3. The van der Waals surface area contributed by atoms with Gasteiger partial charge in [-0.15, -0.1) is 5.60 Å². The van der Waals surface area contributed by atoms with Crippen molar-refractivity contribution in [1.82, 2.24) is 9.13 Å². The summed E-state index contributed by atoms with van der Waals surface area (Å²) in [5.41, 5.74) is 51.0. The minimum atomic E-state index is -0.750. The maximum absolute atomic E-state index is 10.4. The fourth-order valence-corrected chi connectivity index (χ4v) is 15.9.